The van der Waals surface area contributed by atoms with Crippen LogP contribution in [0.2, 0.25) is 0 Å². The number of fused-ring (bicyclic) bond motifs is 1. The molecule has 0 aliphatic heterocycles. The van der Waals surface area contributed by atoms with Crippen molar-refractivity contribution in [2.45, 2.75) is 25.7 Å². The van der Waals surface area contributed by atoms with Crippen molar-refractivity contribution in [3.05, 3.63) is 43.8 Å². The molecule has 6 nitrogen and oxygen atoms in total. The van der Waals surface area contributed by atoms with E-state index in [-0.39, 0.29) is 0 Å². The Morgan fingerprint density at radius 3 is 2.71 bits per heavy atom. The van der Waals surface area contributed by atoms with Gasteiger partial charge in [-0.05, 0) is 48.8 Å². The molecule has 2 N–H and O–H groups in total. The van der Waals surface area contributed by atoms with E-state index in [1.165, 1.54) is 33.1 Å². The normalized spacial score (nSPS) is 13.0. The highest BCUT2D eigenvalue weighted by molar-refractivity contribution is 7.14. The van der Waals surface area contributed by atoms with Gasteiger partial charge in [-0.2, -0.15) is 0 Å². The molecule has 0 saturated heterocycles. The summed E-state index contributed by atoms with van der Waals surface area (Å²) >= 11 is 2.70. The molecule has 0 bridgehead atoms. The van der Waals surface area contributed by atoms with Crippen molar-refractivity contribution in [2.24, 2.45) is 0 Å². The number of hydrogen-bond acceptors (Lipinski definition) is 6. The van der Waals surface area contributed by atoms with Gasteiger partial charge in [0.2, 0.25) is 0 Å². The minimum atomic E-state index is -0.588. The number of carbonyl (C=O) groups excluding carboxylic acids is 3. The van der Waals surface area contributed by atoms with Crippen molar-refractivity contribution in [2.75, 3.05) is 6.61 Å². The number of nitrogens with one attached hydrogen (secondary N) is 2. The van der Waals surface area contributed by atoms with Gasteiger partial charge in [0.1, 0.15) is 4.88 Å². The monoisotopic (exact) mass is 364 g/mol. The third kappa shape index (κ3) is 4.01. The Bertz CT molecular complexity index is 729. The van der Waals surface area contributed by atoms with E-state index in [4.69, 9.17) is 4.74 Å². The summed E-state index contributed by atoms with van der Waals surface area (Å²) < 4.78 is 5.00. The van der Waals surface area contributed by atoms with Crippen molar-refractivity contribution in [3.63, 3.8) is 0 Å². The highest BCUT2D eigenvalue weighted by atomic mass is 32.1. The number of amides is 2. The molecule has 2 heterocycles. The van der Waals surface area contributed by atoms with Gasteiger partial charge in [0.15, 0.2) is 6.61 Å². The summed E-state index contributed by atoms with van der Waals surface area (Å²) in [7, 11) is 0. The second-order valence-electron chi connectivity index (χ2n) is 5.32. The van der Waals surface area contributed by atoms with Gasteiger partial charge in [0, 0.05) is 4.88 Å². The van der Waals surface area contributed by atoms with Gasteiger partial charge in [-0.1, -0.05) is 6.07 Å². The van der Waals surface area contributed by atoms with Crippen LogP contribution in [0.4, 0.5) is 0 Å². The van der Waals surface area contributed by atoms with E-state index in [1.54, 1.807) is 17.5 Å². The largest absolute Gasteiger partial charge is 0.451 e. The molecule has 0 fully saturated rings. The van der Waals surface area contributed by atoms with Crippen LogP contribution in [-0.4, -0.2) is 24.4 Å². The molecule has 0 saturated carbocycles. The Hall–Kier alpha value is -2.19. The van der Waals surface area contributed by atoms with Crippen LogP contribution in [0.3, 0.4) is 0 Å². The quantitative estimate of drug-likeness (QED) is 0.644. The first-order valence-corrected chi connectivity index (χ1v) is 9.24. The summed E-state index contributed by atoms with van der Waals surface area (Å²) in [5, 5.41) is 1.76. The number of aryl methyl sites for hydroxylation is 2. The molecule has 24 heavy (non-hydrogen) atoms. The summed E-state index contributed by atoms with van der Waals surface area (Å²) in [6.07, 6.45) is 4.29. The topological polar surface area (TPSA) is 84.5 Å². The molecule has 0 unspecified atom stereocenters. The third-order valence-corrected chi connectivity index (χ3v) is 5.68. The summed E-state index contributed by atoms with van der Waals surface area (Å²) in [6, 6.07) is 5.24. The Morgan fingerprint density at radius 1 is 1.12 bits per heavy atom. The lowest BCUT2D eigenvalue weighted by Crippen LogP contribution is -2.43. The molecule has 2 amide bonds. The van der Waals surface area contributed by atoms with Gasteiger partial charge in [0.05, 0.1) is 4.88 Å². The number of thiophene rings is 2. The van der Waals surface area contributed by atoms with Crippen LogP contribution in [0.15, 0.2) is 23.6 Å². The number of carbonyl (C=O) groups is 3. The molecule has 0 aromatic carbocycles. The average molecular weight is 364 g/mol. The molecular formula is C16H16N2O4S2. The standard InChI is InChI=1S/C16H16N2O4S2/c19-14(17-18-15(20)12-6-3-7-23-12)9-22-16(21)13-8-10-4-1-2-5-11(10)24-13/h3,6-8H,1-2,4-5,9H2,(H,17,19)(H,18,20). The predicted octanol–water partition coefficient (Wildman–Crippen LogP) is 2.31. The molecular weight excluding hydrogens is 348 g/mol. The predicted molar refractivity (Wildman–Crippen MR) is 91.2 cm³/mol. The molecule has 3 rings (SSSR count). The van der Waals surface area contributed by atoms with Crippen molar-refractivity contribution in [1.82, 2.24) is 10.9 Å². The molecule has 2 aromatic rings. The van der Waals surface area contributed by atoms with E-state index in [9.17, 15) is 14.4 Å². The second kappa shape index (κ2) is 7.59. The maximum absolute atomic E-state index is 12.0. The van der Waals surface area contributed by atoms with Crippen LogP contribution in [-0.2, 0) is 22.4 Å². The first kappa shape index (κ1) is 16.7. The van der Waals surface area contributed by atoms with Crippen molar-refractivity contribution < 1.29 is 19.1 Å². The molecule has 0 radical (unpaired) electrons. The summed E-state index contributed by atoms with van der Waals surface area (Å²) in [6.45, 7) is -0.438. The molecule has 1 aliphatic carbocycles. The molecule has 126 valence electrons. The average Bonchev–Trinajstić information content (AvgIpc) is 3.26. The van der Waals surface area contributed by atoms with Gasteiger partial charge >= 0.3 is 5.97 Å². The maximum Gasteiger partial charge on any atom is 0.348 e. The van der Waals surface area contributed by atoms with Crippen LogP contribution in [0, 0.1) is 0 Å². The van der Waals surface area contributed by atoms with Crippen LogP contribution in [0.25, 0.3) is 0 Å². The maximum atomic E-state index is 12.0. The number of esters is 1. The van der Waals surface area contributed by atoms with E-state index in [1.807, 2.05) is 6.07 Å². The van der Waals surface area contributed by atoms with Crippen LogP contribution >= 0.6 is 22.7 Å². The number of hydrazine groups is 1. The molecule has 0 spiro atoms. The zero-order valence-electron chi connectivity index (χ0n) is 12.8. The van der Waals surface area contributed by atoms with Gasteiger partial charge in [-0.25, -0.2) is 4.79 Å². The van der Waals surface area contributed by atoms with Crippen molar-refractivity contribution >= 4 is 40.5 Å². The fourth-order valence-corrected chi connectivity index (χ4v) is 4.19. The zero-order chi connectivity index (χ0) is 16.9. The van der Waals surface area contributed by atoms with Crippen molar-refractivity contribution in [1.29, 1.82) is 0 Å². The SMILES string of the molecule is O=C(COC(=O)c1cc2c(s1)CCCC2)NNC(=O)c1cccs1. The summed E-state index contributed by atoms with van der Waals surface area (Å²) in [4.78, 5) is 37.6. The highest BCUT2D eigenvalue weighted by Crippen LogP contribution is 2.29. The molecule has 8 heteroatoms. The number of ether oxygens (including phenoxy) is 1. The van der Waals surface area contributed by atoms with Crippen LogP contribution in [0.1, 0.15) is 42.6 Å². The Morgan fingerprint density at radius 2 is 1.96 bits per heavy atom. The van der Waals surface area contributed by atoms with E-state index < -0.39 is 24.4 Å². The molecule has 0 atom stereocenters. The van der Waals surface area contributed by atoms with Crippen LogP contribution in [0.5, 0.6) is 0 Å². The minimum Gasteiger partial charge on any atom is -0.451 e. The number of hydrogen-bond donors (Lipinski definition) is 2. The number of rotatable bonds is 4. The fourth-order valence-electron chi connectivity index (χ4n) is 2.43. The van der Waals surface area contributed by atoms with Crippen molar-refractivity contribution in [3.8, 4) is 0 Å². The Kier molecular flexibility index (Phi) is 5.27. The first-order valence-electron chi connectivity index (χ1n) is 7.55. The van der Waals surface area contributed by atoms with Gasteiger partial charge in [0.25, 0.3) is 11.8 Å². The Labute approximate surface area is 146 Å². The lowest BCUT2D eigenvalue weighted by molar-refractivity contribution is -0.125. The summed E-state index contributed by atoms with van der Waals surface area (Å²) in [5.41, 5.74) is 5.71. The van der Waals surface area contributed by atoms with E-state index in [0.717, 1.165) is 25.7 Å². The second-order valence-corrected chi connectivity index (χ2v) is 7.41. The van der Waals surface area contributed by atoms with Gasteiger partial charge in [-0.3, -0.25) is 20.4 Å². The van der Waals surface area contributed by atoms with Gasteiger partial charge < -0.3 is 4.74 Å². The first-order chi connectivity index (χ1) is 11.6. The van der Waals surface area contributed by atoms with E-state index >= 15 is 0 Å². The van der Waals surface area contributed by atoms with E-state index in [0.29, 0.717) is 9.75 Å². The van der Waals surface area contributed by atoms with E-state index in [2.05, 4.69) is 10.9 Å². The Balaban J connectivity index is 1.45. The minimum absolute atomic E-state index is 0.407. The third-order valence-electron chi connectivity index (χ3n) is 3.59. The zero-order valence-corrected chi connectivity index (χ0v) is 14.4. The highest BCUT2D eigenvalue weighted by Gasteiger charge is 2.19. The lowest BCUT2D eigenvalue weighted by atomic mass is 9.99. The fraction of sp³-hybridized carbons (Fsp3) is 0.312. The molecule has 2 aromatic heterocycles. The molecule has 1 aliphatic rings. The smallest absolute Gasteiger partial charge is 0.348 e. The van der Waals surface area contributed by atoms with Gasteiger partial charge in [-0.15, -0.1) is 22.7 Å². The lowest BCUT2D eigenvalue weighted by Gasteiger charge is -2.08. The summed E-state index contributed by atoms with van der Waals surface area (Å²) in [5.74, 6) is -1.50. The van der Waals surface area contributed by atoms with Crippen LogP contribution < -0.4 is 10.9 Å².